The Morgan fingerprint density at radius 1 is 1.31 bits per heavy atom. The van der Waals surface area contributed by atoms with Crippen LogP contribution in [0.1, 0.15) is 29.5 Å². The van der Waals surface area contributed by atoms with E-state index in [9.17, 15) is 4.79 Å². The molecule has 0 aromatic carbocycles. The summed E-state index contributed by atoms with van der Waals surface area (Å²) in [5, 5.41) is 10.6. The fourth-order valence-corrected chi connectivity index (χ4v) is 3.51. The highest BCUT2D eigenvalue weighted by atomic mass is 16.5. The summed E-state index contributed by atoms with van der Waals surface area (Å²) in [6.07, 6.45) is 6.00. The molecule has 4 heterocycles. The van der Waals surface area contributed by atoms with E-state index in [1.807, 2.05) is 33.0 Å². The molecule has 1 aliphatic rings. The van der Waals surface area contributed by atoms with E-state index in [1.54, 1.807) is 16.9 Å². The number of nitrogens with zero attached hydrogens (tertiary/aromatic N) is 5. The highest BCUT2D eigenvalue weighted by Gasteiger charge is 2.22. The fourth-order valence-electron chi connectivity index (χ4n) is 3.51. The highest BCUT2D eigenvalue weighted by Crippen LogP contribution is 2.27. The molecule has 9 heteroatoms. The van der Waals surface area contributed by atoms with Crippen LogP contribution in [0.15, 0.2) is 30.7 Å². The standard InChI is InChI=1S/C20H25N7O2/c1-4-29-18-12-27-15(7-13(2)25-27)8-16(18)24-20(28)17-9-23-19(10-22-17)26-6-5-14(11-26)21-3/h7-10,12,14,21H,4-6,11H2,1-3H3,(H,24,28). The normalized spacial score (nSPS) is 16.4. The van der Waals surface area contributed by atoms with Crippen LogP contribution in [0.4, 0.5) is 11.5 Å². The molecule has 0 bridgehead atoms. The predicted molar refractivity (Wildman–Crippen MR) is 111 cm³/mol. The van der Waals surface area contributed by atoms with Gasteiger partial charge in [-0.2, -0.15) is 5.10 Å². The van der Waals surface area contributed by atoms with E-state index in [4.69, 9.17) is 4.74 Å². The van der Waals surface area contributed by atoms with Gasteiger partial charge in [0.2, 0.25) is 0 Å². The number of rotatable bonds is 6. The average molecular weight is 395 g/mol. The summed E-state index contributed by atoms with van der Waals surface area (Å²) in [5.74, 6) is 1.00. The van der Waals surface area contributed by atoms with Gasteiger partial charge in [-0.1, -0.05) is 0 Å². The summed E-state index contributed by atoms with van der Waals surface area (Å²) in [6, 6.07) is 4.24. The van der Waals surface area contributed by atoms with Crippen LogP contribution in [-0.4, -0.2) is 58.3 Å². The van der Waals surface area contributed by atoms with Crippen LogP contribution in [0.2, 0.25) is 0 Å². The molecule has 1 aliphatic heterocycles. The number of anilines is 2. The molecule has 1 saturated heterocycles. The molecular formula is C20H25N7O2. The lowest BCUT2D eigenvalue weighted by atomic mass is 10.3. The van der Waals surface area contributed by atoms with Gasteiger partial charge in [0.1, 0.15) is 11.5 Å². The quantitative estimate of drug-likeness (QED) is 0.658. The number of carbonyl (C=O) groups is 1. The fraction of sp³-hybridized carbons (Fsp3) is 0.400. The molecule has 0 aliphatic carbocycles. The number of aryl methyl sites for hydroxylation is 1. The van der Waals surface area contributed by atoms with Gasteiger partial charge in [0, 0.05) is 19.1 Å². The largest absolute Gasteiger partial charge is 0.490 e. The Labute approximate surface area is 169 Å². The number of amides is 1. The monoisotopic (exact) mass is 395 g/mol. The summed E-state index contributed by atoms with van der Waals surface area (Å²) < 4.78 is 7.41. The minimum Gasteiger partial charge on any atom is -0.490 e. The number of likely N-dealkylation sites (N-methyl/N-ethyl adjacent to an activating group) is 1. The van der Waals surface area contributed by atoms with Crippen molar-refractivity contribution in [3.05, 3.63) is 42.1 Å². The maximum absolute atomic E-state index is 12.7. The van der Waals surface area contributed by atoms with Crippen molar-refractivity contribution in [1.82, 2.24) is 24.9 Å². The molecule has 2 N–H and O–H groups in total. The first-order valence-corrected chi connectivity index (χ1v) is 9.76. The Kier molecular flexibility index (Phi) is 5.30. The summed E-state index contributed by atoms with van der Waals surface area (Å²) in [4.78, 5) is 23.6. The zero-order chi connectivity index (χ0) is 20.4. The van der Waals surface area contributed by atoms with Gasteiger partial charge in [-0.15, -0.1) is 0 Å². The molecule has 152 valence electrons. The van der Waals surface area contributed by atoms with Crippen LogP contribution in [0, 0.1) is 6.92 Å². The second-order valence-electron chi connectivity index (χ2n) is 7.07. The lowest BCUT2D eigenvalue weighted by Gasteiger charge is -2.17. The molecule has 0 saturated carbocycles. The van der Waals surface area contributed by atoms with Gasteiger partial charge < -0.3 is 20.3 Å². The smallest absolute Gasteiger partial charge is 0.275 e. The Hall–Kier alpha value is -3.20. The van der Waals surface area contributed by atoms with Crippen LogP contribution in [-0.2, 0) is 0 Å². The summed E-state index contributed by atoms with van der Waals surface area (Å²) in [5.41, 5.74) is 2.59. The molecule has 1 fully saturated rings. The van der Waals surface area contributed by atoms with E-state index in [-0.39, 0.29) is 11.6 Å². The van der Waals surface area contributed by atoms with Gasteiger partial charge in [0.25, 0.3) is 5.91 Å². The first-order chi connectivity index (χ1) is 14.1. The van der Waals surface area contributed by atoms with Gasteiger partial charge in [0.05, 0.1) is 42.1 Å². The third-order valence-electron chi connectivity index (χ3n) is 5.02. The van der Waals surface area contributed by atoms with Gasteiger partial charge in [-0.3, -0.25) is 4.79 Å². The maximum Gasteiger partial charge on any atom is 0.275 e. The molecule has 3 aromatic rings. The molecule has 0 radical (unpaired) electrons. The molecule has 9 nitrogen and oxygen atoms in total. The van der Waals surface area contributed by atoms with Gasteiger partial charge in [-0.25, -0.2) is 14.5 Å². The zero-order valence-corrected chi connectivity index (χ0v) is 16.8. The molecule has 1 amide bonds. The number of pyridine rings is 1. The predicted octanol–water partition coefficient (Wildman–Crippen LogP) is 1.88. The summed E-state index contributed by atoms with van der Waals surface area (Å²) >= 11 is 0. The van der Waals surface area contributed by atoms with Crippen molar-refractivity contribution in [2.24, 2.45) is 0 Å². The molecular weight excluding hydrogens is 370 g/mol. The first kappa shape index (κ1) is 19.1. The number of ether oxygens (including phenoxy) is 1. The third kappa shape index (κ3) is 4.00. The van der Waals surface area contributed by atoms with E-state index >= 15 is 0 Å². The number of carbonyl (C=O) groups excluding carboxylic acids is 1. The minimum absolute atomic E-state index is 0.255. The minimum atomic E-state index is -0.333. The van der Waals surface area contributed by atoms with Crippen molar-refractivity contribution in [3.63, 3.8) is 0 Å². The van der Waals surface area contributed by atoms with Crippen molar-refractivity contribution in [2.75, 3.05) is 37.0 Å². The molecule has 1 unspecified atom stereocenters. The Morgan fingerprint density at radius 3 is 2.86 bits per heavy atom. The lowest BCUT2D eigenvalue weighted by molar-refractivity contribution is 0.102. The Balaban J connectivity index is 1.52. The van der Waals surface area contributed by atoms with Gasteiger partial charge in [0.15, 0.2) is 5.75 Å². The molecule has 1 atom stereocenters. The molecule has 29 heavy (non-hydrogen) atoms. The van der Waals surface area contributed by atoms with Crippen LogP contribution >= 0.6 is 0 Å². The lowest BCUT2D eigenvalue weighted by Crippen LogP contribution is -2.30. The first-order valence-electron chi connectivity index (χ1n) is 9.76. The maximum atomic E-state index is 12.7. The summed E-state index contributed by atoms with van der Waals surface area (Å²) in [7, 11) is 1.96. The number of hydrogen-bond donors (Lipinski definition) is 2. The van der Waals surface area contributed by atoms with Crippen LogP contribution in [0.3, 0.4) is 0 Å². The van der Waals surface area contributed by atoms with Crippen LogP contribution in [0.5, 0.6) is 5.75 Å². The number of aromatic nitrogens is 4. The third-order valence-corrected chi connectivity index (χ3v) is 5.02. The van der Waals surface area contributed by atoms with Crippen LogP contribution in [0.25, 0.3) is 5.52 Å². The average Bonchev–Trinajstić information content (AvgIpc) is 3.34. The number of nitrogens with one attached hydrogen (secondary N) is 2. The zero-order valence-electron chi connectivity index (χ0n) is 16.8. The van der Waals surface area contributed by atoms with Crippen molar-refractivity contribution in [3.8, 4) is 5.75 Å². The van der Waals surface area contributed by atoms with E-state index in [2.05, 4.69) is 30.6 Å². The molecule has 4 rings (SSSR count). The molecule has 0 spiro atoms. The van der Waals surface area contributed by atoms with Crippen molar-refractivity contribution in [2.45, 2.75) is 26.3 Å². The van der Waals surface area contributed by atoms with Crippen molar-refractivity contribution in [1.29, 1.82) is 0 Å². The van der Waals surface area contributed by atoms with Crippen molar-refractivity contribution < 1.29 is 9.53 Å². The Morgan fingerprint density at radius 2 is 2.17 bits per heavy atom. The SMILES string of the molecule is CCOc1cn2nc(C)cc2cc1NC(=O)c1cnc(N2CCC(NC)C2)cn1. The highest BCUT2D eigenvalue weighted by molar-refractivity contribution is 6.03. The second-order valence-corrected chi connectivity index (χ2v) is 7.07. The van der Waals surface area contributed by atoms with Crippen LogP contribution < -0.4 is 20.3 Å². The Bertz CT molecular complexity index is 1020. The van der Waals surface area contributed by atoms with E-state index < -0.39 is 0 Å². The van der Waals surface area contributed by atoms with E-state index in [0.717, 1.165) is 36.5 Å². The topological polar surface area (TPSA) is 96.7 Å². The van der Waals surface area contributed by atoms with Gasteiger partial charge >= 0.3 is 0 Å². The number of hydrogen-bond acceptors (Lipinski definition) is 7. The van der Waals surface area contributed by atoms with E-state index in [1.165, 1.54) is 6.20 Å². The number of fused-ring (bicyclic) bond motifs is 1. The van der Waals surface area contributed by atoms with Crippen molar-refractivity contribution >= 4 is 22.9 Å². The molecule has 3 aromatic heterocycles. The summed E-state index contributed by atoms with van der Waals surface area (Å²) in [6.45, 7) is 6.10. The van der Waals surface area contributed by atoms with E-state index in [0.29, 0.717) is 24.1 Å². The second kappa shape index (κ2) is 8.04. The van der Waals surface area contributed by atoms with Gasteiger partial charge in [-0.05, 0) is 39.4 Å².